The lowest BCUT2D eigenvalue weighted by Gasteiger charge is -2.32. The van der Waals surface area contributed by atoms with Crippen molar-refractivity contribution in [1.82, 2.24) is 5.32 Å². The Balaban J connectivity index is 1.56. The van der Waals surface area contributed by atoms with Crippen LogP contribution in [0.3, 0.4) is 0 Å². The van der Waals surface area contributed by atoms with Gasteiger partial charge in [-0.2, -0.15) is 0 Å². The van der Waals surface area contributed by atoms with Crippen LogP contribution in [0.2, 0.25) is 4.34 Å². The summed E-state index contributed by atoms with van der Waals surface area (Å²) in [4.78, 5) is 1.45. The van der Waals surface area contributed by atoms with E-state index < -0.39 is 0 Å². The number of aliphatic hydroxyl groups is 1. The lowest BCUT2D eigenvalue weighted by atomic mass is 9.82. The fourth-order valence-corrected chi connectivity index (χ4v) is 4.08. The second-order valence-corrected chi connectivity index (χ2v) is 6.69. The van der Waals surface area contributed by atoms with Gasteiger partial charge in [-0.15, -0.1) is 11.3 Å². The molecule has 0 saturated heterocycles. The Labute approximate surface area is 105 Å². The normalized spacial score (nSPS) is 32.5. The third-order valence-corrected chi connectivity index (χ3v) is 5.05. The lowest BCUT2D eigenvalue weighted by molar-refractivity contribution is 0.0418. The monoisotopic (exact) mass is 257 g/mol. The summed E-state index contributed by atoms with van der Waals surface area (Å²) < 4.78 is 0.913. The van der Waals surface area contributed by atoms with E-state index in [9.17, 15) is 5.11 Å². The van der Waals surface area contributed by atoms with E-state index in [4.69, 9.17) is 11.6 Å². The number of fused-ring (bicyclic) bond motifs is 1. The minimum absolute atomic E-state index is 0.0402. The molecule has 3 rings (SSSR count). The molecule has 88 valence electrons. The van der Waals surface area contributed by atoms with Crippen LogP contribution in [0.5, 0.6) is 0 Å². The largest absolute Gasteiger partial charge is 0.393 e. The van der Waals surface area contributed by atoms with Crippen molar-refractivity contribution in [3.8, 4) is 0 Å². The van der Waals surface area contributed by atoms with Gasteiger partial charge < -0.3 is 10.4 Å². The fourth-order valence-electron chi connectivity index (χ4n) is 2.72. The van der Waals surface area contributed by atoms with Gasteiger partial charge in [-0.1, -0.05) is 11.6 Å². The van der Waals surface area contributed by atoms with Gasteiger partial charge in [0.15, 0.2) is 0 Å². The molecule has 4 heteroatoms. The van der Waals surface area contributed by atoms with Crippen molar-refractivity contribution < 1.29 is 5.11 Å². The predicted molar refractivity (Wildman–Crippen MR) is 67.1 cm³/mol. The first-order valence-electron chi connectivity index (χ1n) is 5.92. The maximum absolute atomic E-state index is 9.23. The summed E-state index contributed by atoms with van der Waals surface area (Å²) >= 11 is 7.74. The Hall–Kier alpha value is -0.0900. The molecule has 1 unspecified atom stereocenters. The first-order chi connectivity index (χ1) is 7.72. The van der Waals surface area contributed by atoms with E-state index in [0.717, 1.165) is 30.1 Å². The third-order valence-electron chi connectivity index (χ3n) is 3.71. The minimum Gasteiger partial charge on any atom is -0.393 e. The van der Waals surface area contributed by atoms with E-state index >= 15 is 0 Å². The van der Waals surface area contributed by atoms with Crippen LogP contribution in [0.25, 0.3) is 0 Å². The summed E-state index contributed by atoms with van der Waals surface area (Å²) in [5.41, 5.74) is 1.41. The van der Waals surface area contributed by atoms with Crippen LogP contribution in [0.4, 0.5) is 0 Å². The van der Waals surface area contributed by atoms with Crippen LogP contribution >= 0.6 is 22.9 Å². The van der Waals surface area contributed by atoms with Crippen LogP contribution < -0.4 is 5.32 Å². The summed E-state index contributed by atoms with van der Waals surface area (Å²) in [6.07, 6.45) is 4.26. The summed E-state index contributed by atoms with van der Waals surface area (Å²) in [7, 11) is 0. The molecule has 1 saturated carbocycles. The molecule has 1 aromatic rings. The van der Waals surface area contributed by atoms with Gasteiger partial charge in [0.2, 0.25) is 0 Å². The van der Waals surface area contributed by atoms with Crippen molar-refractivity contribution in [3.63, 3.8) is 0 Å². The van der Waals surface area contributed by atoms with Gasteiger partial charge in [0.25, 0.3) is 0 Å². The maximum atomic E-state index is 9.23. The summed E-state index contributed by atoms with van der Waals surface area (Å²) in [6.45, 7) is 1.04. The molecule has 2 aliphatic rings. The molecule has 0 aromatic carbocycles. The Morgan fingerprint density at radius 1 is 1.50 bits per heavy atom. The van der Waals surface area contributed by atoms with E-state index in [-0.39, 0.29) is 6.10 Å². The van der Waals surface area contributed by atoms with E-state index in [0.29, 0.717) is 12.0 Å². The molecule has 0 radical (unpaired) electrons. The van der Waals surface area contributed by atoms with E-state index in [1.807, 2.05) is 0 Å². The molecule has 0 aliphatic heterocycles. The summed E-state index contributed by atoms with van der Waals surface area (Å²) in [5, 5.41) is 12.8. The average molecular weight is 258 g/mol. The Kier molecular flexibility index (Phi) is 2.96. The molecule has 0 bridgehead atoms. The fraction of sp³-hybridized carbons (Fsp3) is 0.667. The van der Waals surface area contributed by atoms with E-state index in [1.165, 1.54) is 16.9 Å². The molecular formula is C12H16ClNOS. The van der Waals surface area contributed by atoms with Crippen LogP contribution in [0, 0.1) is 5.92 Å². The molecule has 1 aromatic heterocycles. The van der Waals surface area contributed by atoms with Gasteiger partial charge in [-0.05, 0) is 49.8 Å². The lowest BCUT2D eigenvalue weighted by Crippen LogP contribution is -2.37. The molecule has 2 nitrogen and oxygen atoms in total. The number of rotatable bonds is 3. The van der Waals surface area contributed by atoms with E-state index in [1.54, 1.807) is 11.3 Å². The third kappa shape index (κ3) is 2.02. The second-order valence-electron chi connectivity index (χ2n) is 4.92. The molecule has 0 amide bonds. The van der Waals surface area contributed by atoms with Gasteiger partial charge in [-0.25, -0.2) is 0 Å². The van der Waals surface area contributed by atoms with Gasteiger partial charge >= 0.3 is 0 Å². The minimum atomic E-state index is -0.0402. The van der Waals surface area contributed by atoms with Crippen molar-refractivity contribution >= 4 is 22.9 Å². The van der Waals surface area contributed by atoms with Gasteiger partial charge in [-0.3, -0.25) is 0 Å². The van der Waals surface area contributed by atoms with Crippen LogP contribution in [0.1, 0.15) is 35.7 Å². The highest BCUT2D eigenvalue weighted by Gasteiger charge is 2.29. The molecular weight excluding hydrogens is 242 g/mol. The molecule has 16 heavy (non-hydrogen) atoms. The second kappa shape index (κ2) is 4.30. The number of aliphatic hydroxyl groups excluding tert-OH is 1. The molecule has 2 N–H and O–H groups in total. The first kappa shape index (κ1) is 11.0. The number of hydrogen-bond donors (Lipinski definition) is 2. The zero-order valence-corrected chi connectivity index (χ0v) is 10.7. The Bertz CT molecular complexity index is 386. The van der Waals surface area contributed by atoms with Crippen molar-refractivity contribution in [2.24, 2.45) is 5.92 Å². The number of thiophene rings is 1. The first-order valence-corrected chi connectivity index (χ1v) is 7.11. The molecule has 1 atom stereocenters. The topological polar surface area (TPSA) is 32.3 Å². The molecule has 1 heterocycles. The van der Waals surface area contributed by atoms with Crippen LogP contribution in [-0.4, -0.2) is 17.8 Å². The van der Waals surface area contributed by atoms with Crippen LogP contribution in [0.15, 0.2) is 6.07 Å². The Morgan fingerprint density at radius 2 is 2.31 bits per heavy atom. The molecule has 2 aliphatic carbocycles. The van der Waals surface area contributed by atoms with Crippen molar-refractivity contribution in [1.29, 1.82) is 0 Å². The SMILES string of the molecule is OC1CC(CNC2CCc3sc(Cl)cc32)C1. The number of nitrogens with one attached hydrogen (secondary N) is 1. The number of halogens is 1. The van der Waals surface area contributed by atoms with Crippen molar-refractivity contribution in [2.45, 2.75) is 37.8 Å². The zero-order chi connectivity index (χ0) is 11.1. The van der Waals surface area contributed by atoms with Gasteiger partial charge in [0.1, 0.15) is 0 Å². The highest BCUT2D eigenvalue weighted by molar-refractivity contribution is 7.16. The van der Waals surface area contributed by atoms with Gasteiger partial charge in [0, 0.05) is 10.9 Å². The molecule has 0 spiro atoms. The summed E-state index contributed by atoms with van der Waals surface area (Å²) in [6, 6.07) is 2.61. The average Bonchev–Trinajstić information content (AvgIpc) is 2.70. The maximum Gasteiger partial charge on any atom is 0.0934 e. The quantitative estimate of drug-likeness (QED) is 0.873. The predicted octanol–water partition coefficient (Wildman–Crippen LogP) is 2.75. The highest BCUT2D eigenvalue weighted by Crippen LogP contribution is 2.39. The zero-order valence-electron chi connectivity index (χ0n) is 9.08. The summed E-state index contributed by atoms with van der Waals surface area (Å²) in [5.74, 6) is 0.674. The molecule has 1 fully saturated rings. The van der Waals surface area contributed by atoms with Gasteiger partial charge in [0.05, 0.1) is 10.4 Å². The smallest absolute Gasteiger partial charge is 0.0934 e. The van der Waals surface area contributed by atoms with Crippen molar-refractivity contribution in [3.05, 3.63) is 20.8 Å². The highest BCUT2D eigenvalue weighted by atomic mass is 35.5. The number of aryl methyl sites for hydroxylation is 1. The van der Waals surface area contributed by atoms with Crippen molar-refractivity contribution in [2.75, 3.05) is 6.54 Å². The standard InChI is InChI=1S/C12H16ClNOS/c13-12-5-9-10(1-2-11(9)16-12)14-6-7-3-8(15)4-7/h5,7-8,10,14-15H,1-4,6H2. The van der Waals surface area contributed by atoms with E-state index in [2.05, 4.69) is 11.4 Å². The Morgan fingerprint density at radius 3 is 3.06 bits per heavy atom. The van der Waals surface area contributed by atoms with Crippen LogP contribution in [-0.2, 0) is 6.42 Å². The number of hydrogen-bond acceptors (Lipinski definition) is 3.